The quantitative estimate of drug-likeness (QED) is 0.611. The minimum absolute atomic E-state index is 0.102. The van der Waals surface area contributed by atoms with Crippen molar-refractivity contribution in [2.45, 2.75) is 45.6 Å². The van der Waals surface area contributed by atoms with Gasteiger partial charge in [0.15, 0.2) is 0 Å². The predicted octanol–water partition coefficient (Wildman–Crippen LogP) is 4.00. The molecule has 2 fully saturated rings. The number of benzene rings is 2. The molecule has 1 amide bonds. The molecule has 0 aliphatic carbocycles. The highest BCUT2D eigenvalue weighted by Gasteiger charge is 2.22. The zero-order chi connectivity index (χ0) is 23.8. The van der Waals surface area contributed by atoms with Gasteiger partial charge in [0, 0.05) is 26.2 Å². The van der Waals surface area contributed by atoms with Gasteiger partial charge in [0.25, 0.3) is 0 Å². The summed E-state index contributed by atoms with van der Waals surface area (Å²) in [7, 11) is 0. The molecule has 5 heteroatoms. The van der Waals surface area contributed by atoms with Crippen molar-refractivity contribution < 1.29 is 4.79 Å². The lowest BCUT2D eigenvalue weighted by Crippen LogP contribution is -2.50. The van der Waals surface area contributed by atoms with E-state index < -0.39 is 0 Å². The summed E-state index contributed by atoms with van der Waals surface area (Å²) in [6, 6.07) is 16.9. The van der Waals surface area contributed by atoms with Crippen LogP contribution < -0.4 is 5.32 Å². The predicted molar refractivity (Wildman–Crippen MR) is 140 cm³/mol. The maximum absolute atomic E-state index is 13.1. The zero-order valence-electron chi connectivity index (χ0n) is 21.1. The van der Waals surface area contributed by atoms with E-state index in [9.17, 15) is 4.79 Å². The van der Waals surface area contributed by atoms with Crippen LogP contribution in [0.15, 0.2) is 48.5 Å². The van der Waals surface area contributed by atoms with Gasteiger partial charge in [0.1, 0.15) is 0 Å². The molecular formula is C29H42N4O. The third-order valence-corrected chi connectivity index (χ3v) is 7.36. The van der Waals surface area contributed by atoms with E-state index in [1.165, 1.54) is 63.0 Å². The van der Waals surface area contributed by atoms with Gasteiger partial charge in [-0.2, -0.15) is 0 Å². The number of carbonyl (C=O) groups is 1. The molecule has 0 unspecified atom stereocenters. The van der Waals surface area contributed by atoms with Crippen molar-refractivity contribution in [2.24, 2.45) is 0 Å². The highest BCUT2D eigenvalue weighted by atomic mass is 16.2. The van der Waals surface area contributed by atoms with Gasteiger partial charge in [-0.25, -0.2) is 0 Å². The molecule has 184 valence electrons. The molecule has 2 aliphatic rings. The van der Waals surface area contributed by atoms with Crippen LogP contribution in [0.2, 0.25) is 0 Å². The summed E-state index contributed by atoms with van der Waals surface area (Å²) < 4.78 is 0. The van der Waals surface area contributed by atoms with E-state index in [4.69, 9.17) is 0 Å². The van der Waals surface area contributed by atoms with Crippen molar-refractivity contribution >= 4 is 5.91 Å². The van der Waals surface area contributed by atoms with Crippen LogP contribution in [0, 0.1) is 13.8 Å². The fraction of sp³-hybridized carbons (Fsp3) is 0.552. The molecule has 2 aliphatic heterocycles. The Bertz CT molecular complexity index is 836. The standard InChI is InChI=1S/C29H42N4O/c1-24-7-11-26(12-8-24)29(27-13-9-25(2)10-14-27)30-28(34)23-33-21-19-32(20-22-33)18-6-17-31-15-4-3-5-16-31/h7-14,29H,3-6,15-23H2,1-2H3,(H,30,34). The number of amides is 1. The molecular weight excluding hydrogens is 420 g/mol. The minimum atomic E-state index is -0.121. The molecule has 1 N–H and O–H groups in total. The third kappa shape index (κ3) is 7.39. The largest absolute Gasteiger partial charge is 0.344 e. The van der Waals surface area contributed by atoms with Gasteiger partial charge >= 0.3 is 0 Å². The van der Waals surface area contributed by atoms with Gasteiger partial charge < -0.3 is 15.1 Å². The van der Waals surface area contributed by atoms with Gasteiger partial charge in [0.2, 0.25) is 5.91 Å². The number of piperidine rings is 1. The molecule has 2 heterocycles. The van der Waals surface area contributed by atoms with E-state index in [2.05, 4.69) is 82.4 Å². The normalized spacial score (nSPS) is 18.3. The lowest BCUT2D eigenvalue weighted by molar-refractivity contribution is -0.123. The average Bonchev–Trinajstić information content (AvgIpc) is 2.86. The van der Waals surface area contributed by atoms with Crippen LogP contribution in [0.3, 0.4) is 0 Å². The molecule has 0 saturated carbocycles. The Hall–Kier alpha value is -2.21. The van der Waals surface area contributed by atoms with Gasteiger partial charge in [-0.15, -0.1) is 0 Å². The molecule has 0 atom stereocenters. The summed E-state index contributed by atoms with van der Waals surface area (Å²) in [5.41, 5.74) is 4.71. The van der Waals surface area contributed by atoms with E-state index in [1.807, 2.05) is 0 Å². The van der Waals surface area contributed by atoms with E-state index in [-0.39, 0.29) is 11.9 Å². The van der Waals surface area contributed by atoms with E-state index in [0.717, 1.165) is 37.3 Å². The van der Waals surface area contributed by atoms with Crippen molar-refractivity contribution in [3.8, 4) is 0 Å². The number of likely N-dealkylation sites (tertiary alicyclic amines) is 1. The fourth-order valence-corrected chi connectivity index (χ4v) is 5.16. The van der Waals surface area contributed by atoms with Crippen molar-refractivity contribution in [3.63, 3.8) is 0 Å². The first kappa shape index (κ1) is 24.9. The van der Waals surface area contributed by atoms with Gasteiger partial charge in [-0.1, -0.05) is 66.1 Å². The first-order valence-corrected chi connectivity index (χ1v) is 13.2. The molecule has 34 heavy (non-hydrogen) atoms. The number of hydrogen-bond donors (Lipinski definition) is 1. The van der Waals surface area contributed by atoms with Crippen molar-refractivity contribution in [2.75, 3.05) is 58.9 Å². The summed E-state index contributed by atoms with van der Waals surface area (Å²) >= 11 is 0. The van der Waals surface area contributed by atoms with E-state index in [1.54, 1.807) is 0 Å². The number of aryl methyl sites for hydroxylation is 2. The summed E-state index contributed by atoms with van der Waals surface area (Å²) in [6.45, 7) is 13.7. The van der Waals surface area contributed by atoms with Crippen LogP contribution >= 0.6 is 0 Å². The van der Waals surface area contributed by atoms with Crippen molar-refractivity contribution in [1.82, 2.24) is 20.0 Å². The Morgan fingerprint density at radius 1 is 0.706 bits per heavy atom. The van der Waals surface area contributed by atoms with Crippen LogP contribution in [-0.4, -0.2) is 79.5 Å². The molecule has 2 aromatic carbocycles. The highest BCUT2D eigenvalue weighted by Crippen LogP contribution is 2.23. The van der Waals surface area contributed by atoms with Crippen LogP contribution in [0.25, 0.3) is 0 Å². The van der Waals surface area contributed by atoms with Crippen molar-refractivity contribution in [3.05, 3.63) is 70.8 Å². The second-order valence-electron chi connectivity index (χ2n) is 10.2. The Kier molecular flexibility index (Phi) is 9.14. The van der Waals surface area contributed by atoms with Crippen LogP contribution in [0.4, 0.5) is 0 Å². The SMILES string of the molecule is Cc1ccc(C(NC(=O)CN2CCN(CCCN3CCCCC3)CC2)c2ccc(C)cc2)cc1. The first-order valence-electron chi connectivity index (χ1n) is 13.2. The molecule has 5 nitrogen and oxygen atoms in total. The summed E-state index contributed by atoms with van der Waals surface area (Å²) in [5, 5.41) is 3.32. The second-order valence-corrected chi connectivity index (χ2v) is 10.2. The Balaban J connectivity index is 1.25. The Labute approximate surface area is 206 Å². The minimum Gasteiger partial charge on any atom is -0.344 e. The number of carbonyl (C=O) groups excluding carboxylic acids is 1. The van der Waals surface area contributed by atoms with Gasteiger partial charge in [0.05, 0.1) is 12.6 Å². The first-order chi connectivity index (χ1) is 16.6. The van der Waals surface area contributed by atoms with E-state index in [0.29, 0.717) is 6.54 Å². The van der Waals surface area contributed by atoms with Gasteiger partial charge in [-0.05, 0) is 70.4 Å². The van der Waals surface area contributed by atoms with Crippen LogP contribution in [0.5, 0.6) is 0 Å². The fourth-order valence-electron chi connectivity index (χ4n) is 5.16. The highest BCUT2D eigenvalue weighted by molar-refractivity contribution is 5.79. The average molecular weight is 463 g/mol. The summed E-state index contributed by atoms with van der Waals surface area (Å²) in [5.74, 6) is 0.102. The lowest BCUT2D eigenvalue weighted by Gasteiger charge is -2.35. The topological polar surface area (TPSA) is 38.8 Å². The number of nitrogens with one attached hydrogen (secondary N) is 1. The lowest BCUT2D eigenvalue weighted by atomic mass is 9.97. The molecule has 0 aromatic heterocycles. The summed E-state index contributed by atoms with van der Waals surface area (Å²) in [6.07, 6.45) is 5.41. The number of nitrogens with zero attached hydrogens (tertiary/aromatic N) is 3. The third-order valence-electron chi connectivity index (χ3n) is 7.36. The molecule has 2 saturated heterocycles. The molecule has 4 rings (SSSR count). The molecule has 2 aromatic rings. The second kappa shape index (κ2) is 12.5. The smallest absolute Gasteiger partial charge is 0.234 e. The molecule has 0 radical (unpaired) electrons. The van der Waals surface area contributed by atoms with Crippen LogP contribution in [0.1, 0.15) is 54.0 Å². The van der Waals surface area contributed by atoms with E-state index >= 15 is 0 Å². The Morgan fingerprint density at radius 2 is 1.18 bits per heavy atom. The number of hydrogen-bond acceptors (Lipinski definition) is 4. The number of piperazine rings is 1. The molecule has 0 spiro atoms. The zero-order valence-corrected chi connectivity index (χ0v) is 21.1. The Morgan fingerprint density at radius 3 is 1.71 bits per heavy atom. The van der Waals surface area contributed by atoms with Crippen LogP contribution in [-0.2, 0) is 4.79 Å². The van der Waals surface area contributed by atoms with Gasteiger partial charge in [-0.3, -0.25) is 9.69 Å². The molecule has 0 bridgehead atoms. The number of rotatable bonds is 9. The maximum atomic E-state index is 13.1. The monoisotopic (exact) mass is 462 g/mol. The summed E-state index contributed by atoms with van der Waals surface area (Å²) in [4.78, 5) is 20.6. The van der Waals surface area contributed by atoms with Crippen molar-refractivity contribution in [1.29, 1.82) is 0 Å². The maximum Gasteiger partial charge on any atom is 0.234 e.